The van der Waals surface area contributed by atoms with Crippen LogP contribution in [0.3, 0.4) is 0 Å². The average molecular weight is 1330 g/mol. The molecule has 0 spiro atoms. The zero-order valence-corrected chi connectivity index (χ0v) is 56.7. The zero-order valence-electron chi connectivity index (χ0n) is 54.7. The maximum absolute atomic E-state index is 12.6. The predicted octanol–water partition coefficient (Wildman–Crippen LogP) is 5.82. The number of carboxylic acid groups (broad SMARTS) is 1. The number of carbonyl (C=O) groups excluding carboxylic acids is 13. The summed E-state index contributed by atoms with van der Waals surface area (Å²) in [7, 11) is 1.33. The number of methoxy groups -OCH3 is 1. The standard InChI is InChI=1S/C23H23N3O3.C21H19N3O3.C14H17N3O.C8H8O.4CO2.Na.H2O/c1-15-8-11-19(13-21(15)26-16(2)9-10-17(26)3)22(27)25-24-14-18-6-5-7-20(12-18)23(28)29-4;1-14-9-10-15(2)24(14)19-8-4-6-17(12-19)20(25)23-22-13-16-5-3-7-18(11-16)21(26)27;1-9-4-7-12(14(18)16-15)8-13(9)17-10(2)5-6-11(17)3;1-7-3-2-4-8(5-7)6-9;4*2-1-3;;/h5-14H,1-4H3,(H,25,27);3-13H,1-2H3,(H,23,25)(H,26,27);4-8H,15H2,1-3H3,(H,16,18);2-6H,1H3;;;;;;1H2/q;;;;;;;;+1;/p-1/b24-14+;22-13+;;;;;;;;. The van der Waals surface area contributed by atoms with Gasteiger partial charge in [0, 0.05) is 73.5 Å². The van der Waals surface area contributed by atoms with Crippen LogP contribution in [0.1, 0.15) is 124 Å². The minimum Gasteiger partial charge on any atom is -0.870 e. The number of aldehydes is 1. The van der Waals surface area contributed by atoms with E-state index in [0.717, 1.165) is 79.8 Å². The molecule has 3 heterocycles. The fourth-order valence-corrected chi connectivity index (χ4v) is 8.84. The number of carbonyl (C=O) groups is 6. The second-order valence-electron chi connectivity index (χ2n) is 19.7. The Morgan fingerprint density at radius 3 is 1.18 bits per heavy atom. The van der Waals surface area contributed by atoms with E-state index >= 15 is 0 Å². The number of hydrazine groups is 1. The molecule has 97 heavy (non-hydrogen) atoms. The van der Waals surface area contributed by atoms with E-state index in [1.165, 1.54) is 31.7 Å². The number of hydrogen-bond donors (Lipinski definition) is 5. The fourth-order valence-electron chi connectivity index (χ4n) is 8.84. The molecule has 3 amide bonds. The molecule has 26 nitrogen and oxygen atoms in total. The van der Waals surface area contributed by atoms with Gasteiger partial charge < -0.3 is 29.0 Å². The summed E-state index contributed by atoms with van der Waals surface area (Å²) >= 11 is 0. The number of benzene rings is 6. The second kappa shape index (κ2) is 45.3. The molecule has 0 radical (unpaired) electrons. The Balaban J connectivity index is 0.00000125. The number of hydrazone groups is 2. The van der Waals surface area contributed by atoms with Crippen LogP contribution in [0.5, 0.6) is 0 Å². The molecule has 0 aliphatic carbocycles. The van der Waals surface area contributed by atoms with Crippen LogP contribution >= 0.6 is 0 Å². The molecule has 7 N–H and O–H groups in total. The number of nitrogen functional groups attached to an aromatic ring is 1. The largest absolute Gasteiger partial charge is 1.00 e. The number of nitrogens with two attached hydrogens (primary N) is 1. The number of nitrogens with zero attached hydrogens (tertiary/aromatic N) is 5. The Kier molecular flexibility index (Phi) is 39.7. The minimum atomic E-state index is -1.01. The summed E-state index contributed by atoms with van der Waals surface area (Å²) < 4.78 is 11.0. The van der Waals surface area contributed by atoms with Crippen LogP contribution in [0.15, 0.2) is 180 Å². The van der Waals surface area contributed by atoms with Gasteiger partial charge in [-0.05, 0) is 194 Å². The van der Waals surface area contributed by atoms with Gasteiger partial charge in [0.1, 0.15) is 6.29 Å². The Bertz CT molecular complexity index is 4220. The molecule has 9 rings (SSSR count). The van der Waals surface area contributed by atoms with Crippen LogP contribution in [-0.4, -0.2) is 104 Å². The third kappa shape index (κ3) is 27.6. The van der Waals surface area contributed by atoms with Gasteiger partial charge >= 0.3 is 66.1 Å². The van der Waals surface area contributed by atoms with Gasteiger partial charge in [-0.2, -0.15) is 48.6 Å². The van der Waals surface area contributed by atoms with Crippen molar-refractivity contribution in [2.75, 3.05) is 7.11 Å². The second-order valence-corrected chi connectivity index (χ2v) is 19.7. The Labute approximate surface area is 579 Å². The molecule has 0 unspecified atom stereocenters. The molecule has 0 saturated carbocycles. The first kappa shape index (κ1) is 85.0. The predicted molar refractivity (Wildman–Crippen MR) is 347 cm³/mol. The quantitative estimate of drug-likeness (QED) is 0.0173. The number of ether oxygens (including phenoxy) is 1. The third-order valence-electron chi connectivity index (χ3n) is 13.1. The normalized spacial score (nSPS) is 9.39. The van der Waals surface area contributed by atoms with E-state index in [9.17, 15) is 28.8 Å². The van der Waals surface area contributed by atoms with Gasteiger partial charge in [-0.25, -0.2) is 26.3 Å². The minimum absolute atomic E-state index is 0. The van der Waals surface area contributed by atoms with E-state index in [1.807, 2.05) is 141 Å². The molecule has 0 fully saturated rings. The summed E-state index contributed by atoms with van der Waals surface area (Å²) in [4.78, 5) is 134. The molecule has 0 saturated heterocycles. The number of amides is 3. The van der Waals surface area contributed by atoms with E-state index in [1.54, 1.807) is 66.7 Å². The van der Waals surface area contributed by atoms with Crippen molar-refractivity contribution < 1.29 is 112 Å². The van der Waals surface area contributed by atoms with Gasteiger partial charge in [0.2, 0.25) is 0 Å². The maximum atomic E-state index is 12.6. The van der Waals surface area contributed by atoms with E-state index < -0.39 is 11.9 Å². The molecule has 3 aromatic heterocycles. The van der Waals surface area contributed by atoms with Gasteiger partial charge in [0.25, 0.3) is 17.7 Å². The average Bonchev–Trinajstić information content (AvgIpc) is 1.75. The third-order valence-corrected chi connectivity index (χ3v) is 13.1. The number of aromatic carboxylic acids is 1. The van der Waals surface area contributed by atoms with Gasteiger partial charge in [-0.15, -0.1) is 0 Å². The molecular formula is C70H68N9NaO17. The van der Waals surface area contributed by atoms with Crippen molar-refractivity contribution in [2.45, 2.75) is 62.3 Å². The summed E-state index contributed by atoms with van der Waals surface area (Å²) in [5, 5.41) is 16.9. The number of aromatic nitrogens is 3. The summed E-state index contributed by atoms with van der Waals surface area (Å²) in [6, 6.07) is 51.3. The fraction of sp³-hybridized carbons (Fsp3) is 0.143. The number of rotatable bonds is 13. The molecule has 0 aliphatic heterocycles. The SMILES string of the molecule is COC(=O)c1cccc(/C=N/NC(=O)c2ccc(C)c(-n3c(C)ccc3C)c2)c1.Cc1ccc(C(=O)NN)cc1-n1c(C)ccc1C.Cc1ccc(C)n1-c1cccc(C(=O)N/N=C/c2cccc(C(=O)O)c2)c1.Cc1cccc(C=O)c1.O=C=O.O=C=O.O=C=O.O=C=O.[Na+].[OH-]. The van der Waals surface area contributed by atoms with E-state index in [0.29, 0.717) is 33.4 Å². The molecule has 0 atom stereocenters. The number of esters is 1. The summed E-state index contributed by atoms with van der Waals surface area (Å²) in [6.07, 6.45) is 4.75. The zero-order chi connectivity index (χ0) is 71.2. The summed E-state index contributed by atoms with van der Waals surface area (Å²) in [6.45, 7) is 18.2. The summed E-state index contributed by atoms with van der Waals surface area (Å²) in [5.41, 5.74) is 24.2. The molecule has 496 valence electrons. The van der Waals surface area contributed by atoms with Crippen LogP contribution in [0.2, 0.25) is 0 Å². The van der Waals surface area contributed by atoms with Crippen molar-refractivity contribution in [3.05, 3.63) is 265 Å². The van der Waals surface area contributed by atoms with Crippen LogP contribution in [0, 0.1) is 62.3 Å². The van der Waals surface area contributed by atoms with E-state index in [4.69, 9.17) is 54.0 Å². The first-order chi connectivity index (χ1) is 45.4. The first-order valence-corrected chi connectivity index (χ1v) is 27.8. The van der Waals surface area contributed by atoms with Gasteiger partial charge in [-0.3, -0.25) is 24.6 Å². The molecule has 27 heteroatoms. The van der Waals surface area contributed by atoms with Crippen LogP contribution < -0.4 is 51.7 Å². The van der Waals surface area contributed by atoms with Crippen molar-refractivity contribution in [3.63, 3.8) is 0 Å². The van der Waals surface area contributed by atoms with Crippen molar-refractivity contribution in [2.24, 2.45) is 16.0 Å². The molecule has 6 aromatic carbocycles. The molecule has 0 aliphatic rings. The smallest absolute Gasteiger partial charge is 0.870 e. The van der Waals surface area contributed by atoms with Gasteiger partial charge in [0.05, 0.1) is 30.7 Å². The maximum Gasteiger partial charge on any atom is 1.00 e. The Hall–Kier alpha value is -12.0. The number of hydrogen-bond acceptors (Lipinski definition) is 19. The molecule has 0 bridgehead atoms. The Morgan fingerprint density at radius 2 is 0.794 bits per heavy atom. The monoisotopic (exact) mass is 1330 g/mol. The van der Waals surface area contributed by atoms with Crippen LogP contribution in [0.25, 0.3) is 17.1 Å². The van der Waals surface area contributed by atoms with E-state index in [-0.39, 0.29) is 82.9 Å². The number of nitrogens with one attached hydrogen (secondary N) is 3. The van der Waals surface area contributed by atoms with Crippen molar-refractivity contribution in [3.8, 4) is 17.1 Å². The van der Waals surface area contributed by atoms with Crippen molar-refractivity contribution in [1.29, 1.82) is 0 Å². The molecule has 9 aromatic rings. The Morgan fingerprint density at radius 1 is 0.443 bits per heavy atom. The van der Waals surface area contributed by atoms with Gasteiger partial charge in [-0.1, -0.05) is 66.2 Å². The first-order valence-electron chi connectivity index (χ1n) is 27.8. The van der Waals surface area contributed by atoms with Crippen molar-refractivity contribution in [1.82, 2.24) is 30.0 Å². The molecular weight excluding hydrogens is 1260 g/mol. The summed E-state index contributed by atoms with van der Waals surface area (Å²) in [5.74, 6) is 2.80. The topological polar surface area (TPSA) is 400 Å². The van der Waals surface area contributed by atoms with Crippen LogP contribution in [-0.2, 0) is 43.1 Å². The van der Waals surface area contributed by atoms with E-state index in [2.05, 4.69) is 52.3 Å². The number of aryl methyl sites for hydroxylation is 9. The van der Waals surface area contributed by atoms with Crippen LogP contribution in [0.4, 0.5) is 0 Å². The van der Waals surface area contributed by atoms with Crippen molar-refractivity contribution >= 4 is 73.0 Å². The number of carboxylic acids is 1. The van der Waals surface area contributed by atoms with Gasteiger partial charge in [0.15, 0.2) is 0 Å².